The van der Waals surface area contributed by atoms with E-state index >= 15 is 0 Å². The Bertz CT molecular complexity index is 657. The van der Waals surface area contributed by atoms with Crippen LogP contribution in [0, 0.1) is 13.8 Å². The normalized spacial score (nSPS) is 13.0. The van der Waals surface area contributed by atoms with Crippen molar-refractivity contribution in [1.29, 1.82) is 0 Å². The summed E-state index contributed by atoms with van der Waals surface area (Å²) in [6.07, 6.45) is 7.80. The first-order chi connectivity index (χ1) is 12.9. The maximum Gasteiger partial charge on any atom is 0.125 e. The molecule has 5 nitrogen and oxygen atoms in total. The molecule has 0 aliphatic heterocycles. The summed E-state index contributed by atoms with van der Waals surface area (Å²) < 4.78 is 0. The van der Waals surface area contributed by atoms with Gasteiger partial charge < -0.3 is 10.6 Å². The third-order valence-corrected chi connectivity index (χ3v) is 4.64. The molecule has 5 heteroatoms. The highest BCUT2D eigenvalue weighted by Gasteiger charge is 2.03. The maximum absolute atomic E-state index is 6.02. The van der Waals surface area contributed by atoms with Gasteiger partial charge in [0.25, 0.3) is 0 Å². The molecule has 0 unspecified atom stereocenters. The molecule has 0 aliphatic rings. The van der Waals surface area contributed by atoms with Gasteiger partial charge in [-0.25, -0.2) is 11.0 Å². The molecule has 0 radical (unpaired) electrons. The Kier molecular flexibility index (Phi) is 10.5. The first-order valence-electron chi connectivity index (χ1n) is 9.89. The number of benzene rings is 1. The molecule has 0 aromatic heterocycles. The summed E-state index contributed by atoms with van der Waals surface area (Å²) in [6, 6.07) is 6.51. The smallest absolute Gasteiger partial charge is 0.125 e. The van der Waals surface area contributed by atoms with Crippen molar-refractivity contribution < 1.29 is 0 Å². The van der Waals surface area contributed by atoms with Gasteiger partial charge >= 0.3 is 0 Å². The Hall–Kier alpha value is -2.11. The highest BCUT2D eigenvalue weighted by Crippen LogP contribution is 2.21. The first-order valence-corrected chi connectivity index (χ1v) is 9.89. The zero-order valence-corrected chi connectivity index (χ0v) is 17.7. The number of allylic oxidation sites excluding steroid dienone is 3. The first kappa shape index (κ1) is 22.9. The van der Waals surface area contributed by atoms with Crippen LogP contribution >= 0.6 is 0 Å². The monoisotopic (exact) mass is 371 g/mol. The van der Waals surface area contributed by atoms with Gasteiger partial charge in [0.15, 0.2) is 0 Å². The van der Waals surface area contributed by atoms with E-state index in [1.54, 1.807) is 0 Å². The lowest BCUT2D eigenvalue weighted by Crippen LogP contribution is -2.32. The molecule has 1 rings (SSSR count). The van der Waals surface area contributed by atoms with E-state index in [9.17, 15) is 0 Å². The van der Waals surface area contributed by atoms with Crippen LogP contribution in [0.2, 0.25) is 0 Å². The quantitative estimate of drug-likeness (QED) is 0.204. The van der Waals surface area contributed by atoms with Gasteiger partial charge in [0, 0.05) is 6.42 Å². The second-order valence-corrected chi connectivity index (χ2v) is 6.80. The Morgan fingerprint density at radius 3 is 2.44 bits per heavy atom. The van der Waals surface area contributed by atoms with E-state index in [0.29, 0.717) is 18.8 Å². The molecule has 27 heavy (non-hydrogen) atoms. The van der Waals surface area contributed by atoms with E-state index in [0.717, 1.165) is 26.1 Å². The van der Waals surface area contributed by atoms with Crippen molar-refractivity contribution in [3.8, 4) is 0 Å². The van der Waals surface area contributed by atoms with E-state index in [4.69, 9.17) is 11.6 Å². The minimum Gasteiger partial charge on any atom is -0.385 e. The fourth-order valence-electron chi connectivity index (χ4n) is 3.04. The number of amidine groups is 1. The van der Waals surface area contributed by atoms with Gasteiger partial charge in [-0.1, -0.05) is 55.8 Å². The third kappa shape index (κ3) is 8.41. The lowest BCUT2D eigenvalue weighted by Gasteiger charge is -2.19. The lowest BCUT2D eigenvalue weighted by molar-refractivity contribution is 0.247. The Morgan fingerprint density at radius 2 is 1.85 bits per heavy atom. The molecule has 4 N–H and O–H groups in total. The van der Waals surface area contributed by atoms with Crippen LogP contribution in [0.15, 0.2) is 41.5 Å². The molecule has 0 aliphatic carbocycles. The van der Waals surface area contributed by atoms with E-state index in [2.05, 4.69) is 68.0 Å². The lowest BCUT2D eigenvalue weighted by atomic mass is 9.98. The van der Waals surface area contributed by atoms with Crippen LogP contribution in [-0.4, -0.2) is 42.0 Å². The topological polar surface area (TPSA) is 70.9 Å². The van der Waals surface area contributed by atoms with Crippen molar-refractivity contribution in [2.45, 2.75) is 47.5 Å². The van der Waals surface area contributed by atoms with E-state index in [1.807, 2.05) is 13.0 Å². The Morgan fingerprint density at radius 1 is 1.15 bits per heavy atom. The summed E-state index contributed by atoms with van der Waals surface area (Å²) in [4.78, 5) is 2.37. The van der Waals surface area contributed by atoms with Crippen LogP contribution in [0.4, 0.5) is 0 Å². The maximum atomic E-state index is 6.02. The van der Waals surface area contributed by atoms with Gasteiger partial charge in [0.05, 0.1) is 6.54 Å². The third-order valence-electron chi connectivity index (χ3n) is 4.64. The second-order valence-electron chi connectivity index (χ2n) is 6.80. The number of aryl methyl sites for hydroxylation is 2. The zero-order valence-electron chi connectivity index (χ0n) is 17.7. The summed E-state index contributed by atoms with van der Waals surface area (Å²) >= 11 is 0. The molecule has 0 spiro atoms. The van der Waals surface area contributed by atoms with Gasteiger partial charge in [0.1, 0.15) is 5.84 Å². The average Bonchev–Trinajstić information content (AvgIpc) is 2.63. The molecular formula is C22H37N5. The minimum atomic E-state index is 0.521. The molecule has 0 saturated heterocycles. The van der Waals surface area contributed by atoms with Crippen molar-refractivity contribution in [2.75, 3.05) is 26.2 Å². The Labute approximate surface area is 165 Å². The van der Waals surface area contributed by atoms with Crippen molar-refractivity contribution in [2.24, 2.45) is 16.7 Å². The standard InChI is InChI=1S/C22H37N5/c1-6-20(21-14-13-18(4)17-19(21)5)11-9-12-22(23)25-27(24)16-10-15-26(7-2)8-3/h6,9,11,13-14,17H,7-8,10,12,15-16,24H2,1-5H3,(H2,23,25)/b11-9-,20-6+. The summed E-state index contributed by atoms with van der Waals surface area (Å²) in [5, 5.41) is 5.72. The van der Waals surface area contributed by atoms with Crippen molar-refractivity contribution in [1.82, 2.24) is 10.0 Å². The molecular weight excluding hydrogens is 334 g/mol. The highest BCUT2D eigenvalue weighted by atomic mass is 15.6. The van der Waals surface area contributed by atoms with Gasteiger partial charge in [-0.2, -0.15) is 0 Å². The SMILES string of the molecule is C/C=C(\C=C/C/C(N)=N/N(N)CCCN(CC)CC)c1ccc(C)cc1C. The summed E-state index contributed by atoms with van der Waals surface area (Å²) in [7, 11) is 0. The molecule has 150 valence electrons. The number of hydrazone groups is 1. The molecule has 0 fully saturated rings. The summed E-state index contributed by atoms with van der Waals surface area (Å²) in [6.45, 7) is 14.5. The molecule has 0 heterocycles. The van der Waals surface area contributed by atoms with Crippen molar-refractivity contribution in [3.05, 3.63) is 53.1 Å². The van der Waals surface area contributed by atoms with E-state index < -0.39 is 0 Å². The summed E-state index contributed by atoms with van der Waals surface area (Å²) in [5.41, 5.74) is 11.0. The number of nitrogens with two attached hydrogens (primary N) is 2. The Balaban J connectivity index is 2.55. The fraction of sp³-hybridized carbons (Fsp3) is 0.500. The molecule has 0 atom stereocenters. The molecule has 0 saturated carbocycles. The van der Waals surface area contributed by atoms with Crippen LogP contribution in [0.1, 0.15) is 50.3 Å². The van der Waals surface area contributed by atoms with E-state index in [1.165, 1.54) is 27.4 Å². The second kappa shape index (κ2) is 12.3. The minimum absolute atomic E-state index is 0.521. The van der Waals surface area contributed by atoms with Crippen LogP contribution in [0.3, 0.4) is 0 Å². The number of hydrazine groups is 1. The van der Waals surface area contributed by atoms with Gasteiger partial charge in [0.2, 0.25) is 0 Å². The van der Waals surface area contributed by atoms with Gasteiger partial charge in [-0.15, -0.1) is 5.10 Å². The predicted octanol–water partition coefficient (Wildman–Crippen LogP) is 3.83. The summed E-state index contributed by atoms with van der Waals surface area (Å²) in [5.74, 6) is 6.46. The van der Waals surface area contributed by atoms with Crippen LogP contribution < -0.4 is 11.6 Å². The largest absolute Gasteiger partial charge is 0.385 e. The molecule has 1 aromatic carbocycles. The average molecular weight is 372 g/mol. The number of hydrogen-bond donors (Lipinski definition) is 2. The van der Waals surface area contributed by atoms with Gasteiger partial charge in [-0.3, -0.25) is 0 Å². The highest BCUT2D eigenvalue weighted by molar-refractivity contribution is 5.83. The van der Waals surface area contributed by atoms with Crippen molar-refractivity contribution >= 4 is 11.4 Å². The molecule has 1 aromatic rings. The number of rotatable bonds is 11. The number of hydrogen-bond acceptors (Lipinski definition) is 4. The van der Waals surface area contributed by atoms with E-state index in [-0.39, 0.29) is 0 Å². The van der Waals surface area contributed by atoms with Crippen LogP contribution in [-0.2, 0) is 0 Å². The van der Waals surface area contributed by atoms with Crippen LogP contribution in [0.5, 0.6) is 0 Å². The number of nitrogens with zero attached hydrogens (tertiary/aromatic N) is 3. The van der Waals surface area contributed by atoms with Crippen molar-refractivity contribution in [3.63, 3.8) is 0 Å². The molecule has 0 bridgehead atoms. The van der Waals surface area contributed by atoms with Crippen LogP contribution in [0.25, 0.3) is 5.57 Å². The fourth-order valence-corrected chi connectivity index (χ4v) is 3.04. The zero-order chi connectivity index (χ0) is 20.2. The predicted molar refractivity (Wildman–Crippen MR) is 118 cm³/mol. The molecule has 0 amide bonds. The van der Waals surface area contributed by atoms with Gasteiger partial charge in [-0.05, 0) is 63.5 Å².